The van der Waals surface area contributed by atoms with Crippen LogP contribution in [0.2, 0.25) is 0 Å². The Morgan fingerprint density at radius 2 is 1.55 bits per heavy atom. The number of ketones is 1. The van der Waals surface area contributed by atoms with E-state index in [0.717, 1.165) is 0 Å². The first-order valence-corrected chi connectivity index (χ1v) is 4.63. The van der Waals surface area contributed by atoms with Crippen LogP contribution in [0, 0.1) is 5.41 Å². The predicted octanol–water partition coefficient (Wildman–Crippen LogP) is 0.677. The first-order valence-electron chi connectivity index (χ1n) is 3.82. The van der Waals surface area contributed by atoms with Gasteiger partial charge in [0.15, 0.2) is 5.78 Å². The molecule has 0 bridgehead atoms. The topological polar surface area (TPSA) is 26.3 Å². The van der Waals surface area contributed by atoms with Crippen molar-refractivity contribution >= 4 is 16.3 Å². The smallest absolute Gasteiger partial charge is 0.168 e. The normalized spacial score (nSPS) is 13.5. The molecular weight excluding hydrogens is 156 g/mol. The molecule has 0 amide bonds. The number of carbonyl (C=O) groups excluding carboxylic acids is 1. The van der Waals surface area contributed by atoms with E-state index in [2.05, 4.69) is 0 Å². The van der Waals surface area contributed by atoms with Crippen LogP contribution in [0.4, 0.5) is 0 Å². The van der Waals surface area contributed by atoms with Gasteiger partial charge in [-0.25, -0.2) is 0 Å². The molecule has 3 heteroatoms. The van der Waals surface area contributed by atoms with Crippen molar-refractivity contribution in [1.82, 2.24) is 0 Å². The first-order chi connectivity index (χ1) is 4.72. The van der Waals surface area contributed by atoms with Gasteiger partial charge in [-0.1, -0.05) is 20.8 Å². The maximum atomic E-state index is 11.6. The van der Waals surface area contributed by atoms with E-state index in [0.29, 0.717) is 10.5 Å². The molecule has 0 saturated carbocycles. The van der Waals surface area contributed by atoms with E-state index in [1.54, 1.807) is 0 Å². The molecular formula is C8H18O2Si. The van der Waals surface area contributed by atoms with Crippen LogP contribution in [0.1, 0.15) is 34.6 Å². The lowest BCUT2D eigenvalue weighted by atomic mass is 9.82. The Morgan fingerprint density at radius 1 is 1.18 bits per heavy atom. The highest BCUT2D eigenvalue weighted by Crippen LogP contribution is 2.24. The highest BCUT2D eigenvalue weighted by atomic mass is 28.2. The van der Waals surface area contributed by atoms with E-state index >= 15 is 0 Å². The predicted molar refractivity (Wildman–Crippen MR) is 49.6 cm³/mol. The Kier molecular flexibility index (Phi) is 3.03. The van der Waals surface area contributed by atoms with Gasteiger partial charge < -0.3 is 4.43 Å². The third-order valence-electron chi connectivity index (χ3n) is 1.74. The van der Waals surface area contributed by atoms with Crippen molar-refractivity contribution in [2.24, 2.45) is 5.41 Å². The van der Waals surface area contributed by atoms with E-state index in [-0.39, 0.29) is 11.2 Å². The SMILES string of the molecule is CC(C)(C)C(=O)C(C)(C)O[SiH3]. The number of Topliss-reactive ketones (excluding diaryl/α,β-unsaturated/α-hetero) is 1. The number of hydrogen-bond donors (Lipinski definition) is 0. The molecule has 0 saturated heterocycles. The monoisotopic (exact) mass is 174 g/mol. The summed E-state index contributed by atoms with van der Waals surface area (Å²) in [5, 5.41) is 0. The van der Waals surface area contributed by atoms with Gasteiger partial charge in [-0.15, -0.1) is 0 Å². The minimum atomic E-state index is -0.593. The van der Waals surface area contributed by atoms with Gasteiger partial charge in [-0.2, -0.15) is 0 Å². The Balaban J connectivity index is 4.50. The van der Waals surface area contributed by atoms with Gasteiger partial charge in [0, 0.05) is 5.41 Å². The number of carbonyl (C=O) groups is 1. The fourth-order valence-corrected chi connectivity index (χ4v) is 1.18. The van der Waals surface area contributed by atoms with Crippen LogP contribution in [0.15, 0.2) is 0 Å². The maximum absolute atomic E-state index is 11.6. The molecule has 0 aliphatic carbocycles. The van der Waals surface area contributed by atoms with Gasteiger partial charge in [-0.05, 0) is 13.8 Å². The Bertz CT molecular complexity index is 156. The van der Waals surface area contributed by atoms with Crippen LogP contribution < -0.4 is 0 Å². The fourth-order valence-electron chi connectivity index (χ4n) is 0.996. The number of hydrogen-bond acceptors (Lipinski definition) is 2. The minimum Gasteiger partial charge on any atom is -0.416 e. The van der Waals surface area contributed by atoms with Gasteiger partial charge in [0.25, 0.3) is 0 Å². The Hall–Kier alpha value is -0.153. The maximum Gasteiger partial charge on any atom is 0.168 e. The van der Waals surface area contributed by atoms with Crippen LogP contribution in [0.5, 0.6) is 0 Å². The van der Waals surface area contributed by atoms with Crippen molar-refractivity contribution in [1.29, 1.82) is 0 Å². The average Bonchev–Trinajstić information content (AvgIpc) is 1.84. The molecule has 0 aliphatic rings. The third kappa shape index (κ3) is 2.75. The lowest BCUT2D eigenvalue weighted by Crippen LogP contribution is -2.42. The summed E-state index contributed by atoms with van der Waals surface area (Å²) >= 11 is 0. The molecule has 66 valence electrons. The van der Waals surface area contributed by atoms with Crippen molar-refractivity contribution in [3.8, 4) is 0 Å². The molecule has 0 unspecified atom stereocenters. The molecule has 0 atom stereocenters. The summed E-state index contributed by atoms with van der Waals surface area (Å²) < 4.78 is 5.22. The van der Waals surface area contributed by atoms with Crippen molar-refractivity contribution in [3.63, 3.8) is 0 Å². The van der Waals surface area contributed by atoms with Gasteiger partial charge in [0.2, 0.25) is 0 Å². The van der Waals surface area contributed by atoms with E-state index in [4.69, 9.17) is 4.43 Å². The summed E-state index contributed by atoms with van der Waals surface area (Å²) in [6.45, 7) is 9.40. The van der Waals surface area contributed by atoms with Crippen molar-refractivity contribution in [2.75, 3.05) is 0 Å². The average molecular weight is 174 g/mol. The van der Waals surface area contributed by atoms with Gasteiger partial charge in [0.1, 0.15) is 16.1 Å². The number of rotatable bonds is 2. The largest absolute Gasteiger partial charge is 0.416 e. The summed E-state index contributed by atoms with van der Waals surface area (Å²) in [5.41, 5.74) is -0.890. The van der Waals surface area contributed by atoms with Crippen molar-refractivity contribution < 1.29 is 9.22 Å². The summed E-state index contributed by atoms with van der Waals surface area (Å²) in [7, 11) is 0.608. The molecule has 0 heterocycles. The minimum absolute atomic E-state index is 0.167. The summed E-state index contributed by atoms with van der Waals surface area (Å²) in [5.74, 6) is 0.167. The van der Waals surface area contributed by atoms with Crippen LogP contribution in [-0.4, -0.2) is 21.9 Å². The van der Waals surface area contributed by atoms with E-state index in [9.17, 15) is 4.79 Å². The highest BCUT2D eigenvalue weighted by molar-refractivity contribution is 6.02. The molecule has 0 rings (SSSR count). The second-order valence-corrected chi connectivity index (χ2v) is 4.70. The molecule has 0 aromatic heterocycles. The zero-order valence-electron chi connectivity index (χ0n) is 8.32. The molecule has 0 radical (unpaired) electrons. The molecule has 11 heavy (non-hydrogen) atoms. The van der Waals surface area contributed by atoms with Crippen LogP contribution >= 0.6 is 0 Å². The van der Waals surface area contributed by atoms with E-state index in [1.165, 1.54) is 0 Å². The molecule has 0 aromatic carbocycles. The first kappa shape index (κ1) is 10.8. The standard InChI is InChI=1S/C8H18O2Si/c1-7(2,3)6(9)8(4,5)10-11/h1-5,11H3. The quantitative estimate of drug-likeness (QED) is 0.575. The molecule has 0 spiro atoms. The van der Waals surface area contributed by atoms with Gasteiger partial charge in [-0.3, -0.25) is 4.79 Å². The zero-order chi connectivity index (χ0) is 9.28. The summed E-state index contributed by atoms with van der Waals surface area (Å²) in [6, 6.07) is 0. The lowest BCUT2D eigenvalue weighted by Gasteiger charge is -2.29. The second-order valence-electron chi connectivity index (χ2n) is 4.29. The summed E-state index contributed by atoms with van der Waals surface area (Å²) in [4.78, 5) is 11.6. The molecule has 0 fully saturated rings. The van der Waals surface area contributed by atoms with Crippen LogP contribution in [-0.2, 0) is 9.22 Å². The third-order valence-corrected chi connectivity index (χ3v) is 2.76. The van der Waals surface area contributed by atoms with E-state index < -0.39 is 5.60 Å². The molecule has 2 nitrogen and oxygen atoms in total. The van der Waals surface area contributed by atoms with Crippen molar-refractivity contribution in [3.05, 3.63) is 0 Å². The second kappa shape index (κ2) is 3.07. The fraction of sp³-hybridized carbons (Fsp3) is 0.875. The van der Waals surface area contributed by atoms with Crippen LogP contribution in [0.3, 0.4) is 0 Å². The Morgan fingerprint density at radius 3 is 1.64 bits per heavy atom. The van der Waals surface area contributed by atoms with Crippen LogP contribution in [0.25, 0.3) is 0 Å². The lowest BCUT2D eigenvalue weighted by molar-refractivity contribution is -0.139. The zero-order valence-corrected chi connectivity index (χ0v) is 10.3. The molecule has 0 aliphatic heterocycles. The van der Waals surface area contributed by atoms with Crippen molar-refractivity contribution in [2.45, 2.75) is 40.2 Å². The molecule has 0 aromatic rings. The summed E-state index contributed by atoms with van der Waals surface area (Å²) in [6.07, 6.45) is 0. The van der Waals surface area contributed by atoms with Gasteiger partial charge in [0.05, 0.1) is 0 Å². The van der Waals surface area contributed by atoms with E-state index in [1.807, 2.05) is 34.6 Å². The Labute approximate surface area is 71.9 Å². The van der Waals surface area contributed by atoms with Gasteiger partial charge >= 0.3 is 0 Å². The molecule has 0 N–H and O–H groups in total. The highest BCUT2D eigenvalue weighted by Gasteiger charge is 2.35.